The van der Waals surface area contributed by atoms with E-state index < -0.39 is 5.60 Å². The van der Waals surface area contributed by atoms with Gasteiger partial charge in [0.1, 0.15) is 5.60 Å². The van der Waals surface area contributed by atoms with Gasteiger partial charge in [-0.25, -0.2) is 4.79 Å². The Hall–Kier alpha value is -2.35. The molecule has 2 saturated heterocycles. The van der Waals surface area contributed by atoms with Gasteiger partial charge in [-0.15, -0.1) is 0 Å². The molecular formula is C21H26N2O3. The maximum absolute atomic E-state index is 13.1. The van der Waals surface area contributed by atoms with Crippen molar-refractivity contribution in [1.82, 2.24) is 4.90 Å². The number of Topliss-reactive ketones (excluding diaryl/α,β-unsaturated/α-hetero) is 1. The summed E-state index contributed by atoms with van der Waals surface area (Å²) >= 11 is 0. The number of ketones is 1. The van der Waals surface area contributed by atoms with Crippen molar-refractivity contribution in [3.05, 3.63) is 34.9 Å². The van der Waals surface area contributed by atoms with Crippen molar-refractivity contribution in [2.45, 2.75) is 71.1 Å². The van der Waals surface area contributed by atoms with Crippen LogP contribution in [0.25, 0.3) is 0 Å². The summed E-state index contributed by atoms with van der Waals surface area (Å²) in [5.41, 5.74) is 1.53. The lowest BCUT2D eigenvalue weighted by Crippen LogP contribution is -2.49. The van der Waals surface area contributed by atoms with Gasteiger partial charge in [0.05, 0.1) is 11.6 Å². The molecule has 1 aromatic carbocycles. The van der Waals surface area contributed by atoms with Crippen molar-refractivity contribution in [3.63, 3.8) is 0 Å². The number of hydrogen-bond acceptors (Lipinski definition) is 4. The number of rotatable bonds is 2. The maximum atomic E-state index is 13.1. The van der Waals surface area contributed by atoms with Crippen molar-refractivity contribution in [2.75, 3.05) is 0 Å². The van der Waals surface area contributed by atoms with Gasteiger partial charge in [-0.2, -0.15) is 5.26 Å². The third-order valence-corrected chi connectivity index (χ3v) is 5.34. The number of piperidine rings is 1. The summed E-state index contributed by atoms with van der Waals surface area (Å²) in [7, 11) is 0. The van der Waals surface area contributed by atoms with Crippen molar-refractivity contribution < 1.29 is 14.3 Å². The molecule has 5 nitrogen and oxygen atoms in total. The molecule has 0 radical (unpaired) electrons. The first-order valence-corrected chi connectivity index (χ1v) is 9.26. The molecule has 2 unspecified atom stereocenters. The topological polar surface area (TPSA) is 70.4 Å². The molecule has 5 heteroatoms. The Labute approximate surface area is 154 Å². The van der Waals surface area contributed by atoms with E-state index in [2.05, 4.69) is 6.07 Å². The van der Waals surface area contributed by atoms with Crippen molar-refractivity contribution in [2.24, 2.45) is 5.92 Å². The molecule has 2 bridgehead atoms. The van der Waals surface area contributed by atoms with Gasteiger partial charge >= 0.3 is 6.09 Å². The highest BCUT2D eigenvalue weighted by Crippen LogP contribution is 2.41. The third-order valence-electron chi connectivity index (χ3n) is 5.34. The fraction of sp³-hybridized carbons (Fsp3) is 0.571. The first-order valence-electron chi connectivity index (χ1n) is 9.26. The Balaban J connectivity index is 1.76. The molecule has 2 atom stereocenters. The second-order valence-electron chi connectivity index (χ2n) is 8.45. The average Bonchev–Trinajstić information content (AvgIpc) is 2.83. The van der Waals surface area contributed by atoms with Gasteiger partial charge in [-0.05, 0) is 71.1 Å². The molecule has 0 aromatic heterocycles. The monoisotopic (exact) mass is 354 g/mol. The van der Waals surface area contributed by atoms with Crippen molar-refractivity contribution in [3.8, 4) is 6.07 Å². The summed E-state index contributed by atoms with van der Waals surface area (Å²) in [6, 6.07) is 7.50. The SMILES string of the molecule is Cc1ccc(C#N)cc1C(=O)C1CC2CCC(C1)N2C(=O)OC(C)(C)C. The number of nitriles is 1. The molecule has 1 aromatic rings. The van der Waals surface area contributed by atoms with Crippen LogP contribution >= 0.6 is 0 Å². The first kappa shape index (κ1) is 18.4. The van der Waals surface area contributed by atoms with Crippen LogP contribution in [-0.2, 0) is 4.74 Å². The average molecular weight is 354 g/mol. The first-order chi connectivity index (χ1) is 12.2. The highest BCUT2D eigenvalue weighted by atomic mass is 16.6. The van der Waals surface area contributed by atoms with Crippen LogP contribution in [0.1, 0.15) is 67.9 Å². The van der Waals surface area contributed by atoms with E-state index >= 15 is 0 Å². The number of aryl methyl sites for hydroxylation is 1. The number of carbonyl (C=O) groups excluding carboxylic acids is 2. The predicted octanol–water partition coefficient (Wildman–Crippen LogP) is 4.23. The van der Waals surface area contributed by atoms with E-state index in [0.717, 1.165) is 18.4 Å². The zero-order chi connectivity index (χ0) is 19.1. The Morgan fingerprint density at radius 2 is 1.81 bits per heavy atom. The highest BCUT2D eigenvalue weighted by molar-refractivity contribution is 5.99. The highest BCUT2D eigenvalue weighted by Gasteiger charge is 2.46. The largest absolute Gasteiger partial charge is 0.444 e. The number of carbonyl (C=O) groups is 2. The van der Waals surface area contributed by atoms with Crippen LogP contribution in [0.5, 0.6) is 0 Å². The standard InChI is InChI=1S/C21H26N2O3/c1-13-5-6-14(12-22)9-18(13)19(24)15-10-16-7-8-17(11-15)23(16)20(25)26-21(2,3)4/h5-6,9,15-17H,7-8,10-11H2,1-4H3. The molecule has 2 aliphatic rings. The lowest BCUT2D eigenvalue weighted by molar-refractivity contribution is 0.00253. The maximum Gasteiger partial charge on any atom is 0.410 e. The van der Waals surface area contributed by atoms with Crippen molar-refractivity contribution in [1.29, 1.82) is 5.26 Å². The molecule has 0 saturated carbocycles. The number of fused-ring (bicyclic) bond motifs is 2. The van der Waals surface area contributed by atoms with Gasteiger partial charge in [0.15, 0.2) is 5.78 Å². The van der Waals surface area contributed by atoms with Crippen LogP contribution in [-0.4, -0.2) is 34.5 Å². The number of amides is 1. The second kappa shape index (κ2) is 6.75. The number of benzene rings is 1. The minimum atomic E-state index is -0.516. The fourth-order valence-electron chi connectivity index (χ4n) is 4.18. The predicted molar refractivity (Wildman–Crippen MR) is 97.8 cm³/mol. The summed E-state index contributed by atoms with van der Waals surface area (Å²) < 4.78 is 5.55. The van der Waals surface area contributed by atoms with Gasteiger partial charge in [0.25, 0.3) is 0 Å². The summed E-state index contributed by atoms with van der Waals surface area (Å²) in [5, 5.41) is 9.11. The quantitative estimate of drug-likeness (QED) is 0.745. The normalized spacial score (nSPS) is 24.9. The van der Waals surface area contributed by atoms with Gasteiger partial charge in [0.2, 0.25) is 0 Å². The lowest BCUT2D eigenvalue weighted by atomic mass is 9.83. The Bertz CT molecular complexity index is 758. The zero-order valence-corrected chi connectivity index (χ0v) is 15.9. The van der Waals surface area contributed by atoms with E-state index in [1.165, 1.54) is 0 Å². The van der Waals surface area contributed by atoms with Gasteiger partial charge in [0, 0.05) is 23.6 Å². The molecule has 0 spiro atoms. The Kier molecular flexibility index (Phi) is 4.79. The number of nitrogens with zero attached hydrogens (tertiary/aromatic N) is 2. The summed E-state index contributed by atoms with van der Waals surface area (Å²) in [6.45, 7) is 7.51. The second-order valence-corrected chi connectivity index (χ2v) is 8.45. The Morgan fingerprint density at radius 3 is 2.35 bits per heavy atom. The summed E-state index contributed by atoms with van der Waals surface area (Å²) in [4.78, 5) is 27.5. The molecule has 138 valence electrons. The van der Waals surface area contributed by atoms with Gasteiger partial charge < -0.3 is 9.64 Å². The van der Waals surface area contributed by atoms with Crippen LogP contribution < -0.4 is 0 Å². The molecule has 1 amide bonds. The Morgan fingerprint density at radius 1 is 1.19 bits per heavy atom. The van der Waals surface area contributed by atoms with E-state index in [1.54, 1.807) is 12.1 Å². The summed E-state index contributed by atoms with van der Waals surface area (Å²) in [6.07, 6.45) is 2.92. The minimum absolute atomic E-state index is 0.0667. The minimum Gasteiger partial charge on any atom is -0.444 e. The fourth-order valence-corrected chi connectivity index (χ4v) is 4.18. The molecule has 3 rings (SSSR count). The molecule has 2 fully saturated rings. The van der Waals surface area contributed by atoms with E-state index in [4.69, 9.17) is 10.00 Å². The van der Waals surface area contributed by atoms with Gasteiger partial charge in [-0.3, -0.25) is 4.79 Å². The van der Waals surface area contributed by atoms with E-state index in [1.807, 2.05) is 38.7 Å². The van der Waals surface area contributed by atoms with E-state index in [0.29, 0.717) is 24.0 Å². The van der Waals surface area contributed by atoms with Crippen LogP contribution in [0, 0.1) is 24.2 Å². The van der Waals surface area contributed by atoms with Crippen LogP contribution in [0.15, 0.2) is 18.2 Å². The van der Waals surface area contributed by atoms with Gasteiger partial charge in [-0.1, -0.05) is 6.07 Å². The molecule has 2 heterocycles. The number of ether oxygens (including phenoxy) is 1. The van der Waals surface area contributed by atoms with E-state index in [9.17, 15) is 9.59 Å². The van der Waals surface area contributed by atoms with E-state index in [-0.39, 0.29) is 29.9 Å². The molecule has 0 N–H and O–H groups in total. The van der Waals surface area contributed by atoms with Crippen molar-refractivity contribution >= 4 is 11.9 Å². The lowest BCUT2D eigenvalue weighted by Gasteiger charge is -2.39. The number of hydrogen-bond donors (Lipinski definition) is 0. The zero-order valence-electron chi connectivity index (χ0n) is 15.9. The molecule has 2 aliphatic heterocycles. The third kappa shape index (κ3) is 3.60. The molecular weight excluding hydrogens is 328 g/mol. The molecule has 26 heavy (non-hydrogen) atoms. The van der Waals surface area contributed by atoms with Crippen LogP contribution in [0.3, 0.4) is 0 Å². The van der Waals surface area contributed by atoms with Crippen LogP contribution in [0.2, 0.25) is 0 Å². The van der Waals surface area contributed by atoms with Crippen LogP contribution in [0.4, 0.5) is 4.79 Å². The smallest absolute Gasteiger partial charge is 0.410 e. The molecule has 0 aliphatic carbocycles. The summed E-state index contributed by atoms with van der Waals surface area (Å²) in [5.74, 6) is -0.000770.